The molecule has 0 radical (unpaired) electrons. The summed E-state index contributed by atoms with van der Waals surface area (Å²) in [6, 6.07) is 15.4. The van der Waals surface area contributed by atoms with E-state index in [1.54, 1.807) is 23.1 Å². The number of hydrogen-bond acceptors (Lipinski definition) is 5. The molecule has 0 bridgehead atoms. The molecule has 0 spiro atoms. The lowest BCUT2D eigenvalue weighted by Gasteiger charge is -2.40. The van der Waals surface area contributed by atoms with Crippen LogP contribution in [0.25, 0.3) is 0 Å². The molecule has 204 valence electrons. The van der Waals surface area contributed by atoms with Gasteiger partial charge in [-0.2, -0.15) is 5.26 Å². The first-order valence-electron chi connectivity index (χ1n) is 12.7. The summed E-state index contributed by atoms with van der Waals surface area (Å²) in [6.07, 6.45) is 1.66. The number of ketones is 1. The third kappa shape index (κ3) is 5.06. The highest BCUT2D eigenvalue weighted by Gasteiger charge is 2.41. The average Bonchev–Trinajstić information content (AvgIpc) is 2.91. The molecule has 0 saturated carbocycles. The number of carbonyl (C=O) groups excluding carboxylic acids is 1. The first-order chi connectivity index (χ1) is 19.1. The van der Waals surface area contributed by atoms with Crippen molar-refractivity contribution in [2.75, 3.05) is 4.90 Å². The lowest BCUT2D eigenvalue weighted by atomic mass is 9.73. The molecule has 2 aliphatic rings. The molecule has 3 aromatic rings. The highest BCUT2D eigenvalue weighted by Crippen LogP contribution is 2.48. The predicted octanol–water partition coefficient (Wildman–Crippen LogP) is 8.29. The first kappa shape index (κ1) is 28.0. The van der Waals surface area contributed by atoms with Crippen molar-refractivity contribution in [1.29, 1.82) is 5.26 Å². The summed E-state index contributed by atoms with van der Waals surface area (Å²) in [4.78, 5) is 15.3. The molecule has 0 amide bonds. The maximum Gasteiger partial charge on any atom is 0.161 e. The molecular weight excluding hydrogens is 572 g/mol. The van der Waals surface area contributed by atoms with Crippen LogP contribution in [0.3, 0.4) is 0 Å². The zero-order chi connectivity index (χ0) is 28.7. The Balaban J connectivity index is 1.63. The Kier molecular flexibility index (Phi) is 7.83. The van der Waals surface area contributed by atoms with E-state index in [1.807, 2.05) is 26.0 Å². The van der Waals surface area contributed by atoms with Gasteiger partial charge in [0, 0.05) is 23.4 Å². The number of nitrogens with zero attached hydrogens (tertiary/aromatic N) is 2. The summed E-state index contributed by atoms with van der Waals surface area (Å²) in [5.41, 5.74) is 12.4. The van der Waals surface area contributed by atoms with Crippen molar-refractivity contribution in [3.8, 4) is 11.8 Å². The van der Waals surface area contributed by atoms with Crippen LogP contribution in [0.15, 0.2) is 71.2 Å². The van der Waals surface area contributed by atoms with Crippen LogP contribution in [-0.2, 0) is 11.4 Å². The van der Waals surface area contributed by atoms with Crippen molar-refractivity contribution in [1.82, 2.24) is 0 Å². The van der Waals surface area contributed by atoms with Gasteiger partial charge in [0.1, 0.15) is 24.0 Å². The van der Waals surface area contributed by atoms with E-state index in [0.29, 0.717) is 46.3 Å². The fourth-order valence-corrected chi connectivity index (χ4v) is 5.99. The normalized spacial score (nSPS) is 17.2. The third-order valence-electron chi connectivity index (χ3n) is 7.36. The summed E-state index contributed by atoms with van der Waals surface area (Å²) < 4.78 is 19.4. The van der Waals surface area contributed by atoms with Crippen LogP contribution in [0.2, 0.25) is 15.1 Å². The highest BCUT2D eigenvalue weighted by molar-refractivity contribution is 6.42. The number of ether oxygens (including phenoxy) is 1. The van der Waals surface area contributed by atoms with Crippen molar-refractivity contribution >= 4 is 46.3 Å². The molecule has 1 heterocycles. The lowest BCUT2D eigenvalue weighted by molar-refractivity contribution is -0.116. The zero-order valence-electron chi connectivity index (χ0n) is 21.8. The second-order valence-electron chi connectivity index (χ2n) is 9.92. The number of rotatable bonds is 5. The van der Waals surface area contributed by atoms with Crippen molar-refractivity contribution < 1.29 is 13.9 Å². The molecule has 5 nitrogen and oxygen atoms in total. The Morgan fingerprint density at radius 3 is 2.52 bits per heavy atom. The molecule has 3 aromatic carbocycles. The number of Topliss-reactive ketones (excluding diaryl/α,β-unsaturated/α-hetero) is 1. The van der Waals surface area contributed by atoms with Gasteiger partial charge in [-0.1, -0.05) is 52.5 Å². The Morgan fingerprint density at radius 2 is 1.82 bits per heavy atom. The van der Waals surface area contributed by atoms with Crippen LogP contribution >= 0.6 is 34.8 Å². The fraction of sp³-hybridized carbons (Fsp3) is 0.226. The monoisotopic (exact) mass is 595 g/mol. The van der Waals surface area contributed by atoms with Crippen molar-refractivity contribution in [3.63, 3.8) is 0 Å². The third-order valence-corrected chi connectivity index (χ3v) is 8.40. The first-order valence-corrected chi connectivity index (χ1v) is 13.8. The summed E-state index contributed by atoms with van der Waals surface area (Å²) in [6.45, 7) is 4.04. The van der Waals surface area contributed by atoms with E-state index < -0.39 is 11.7 Å². The lowest BCUT2D eigenvalue weighted by Crippen LogP contribution is -2.39. The van der Waals surface area contributed by atoms with E-state index in [2.05, 4.69) is 6.07 Å². The van der Waals surface area contributed by atoms with Gasteiger partial charge in [-0.25, -0.2) is 4.39 Å². The van der Waals surface area contributed by atoms with Gasteiger partial charge in [-0.3, -0.25) is 9.69 Å². The molecule has 0 saturated heterocycles. The summed E-state index contributed by atoms with van der Waals surface area (Å²) in [7, 11) is 0. The number of aryl methyl sites for hydroxylation is 1. The molecule has 40 heavy (non-hydrogen) atoms. The van der Waals surface area contributed by atoms with Gasteiger partial charge < -0.3 is 10.5 Å². The van der Waals surface area contributed by atoms with Gasteiger partial charge in [0.2, 0.25) is 0 Å². The number of carbonyl (C=O) groups is 1. The predicted molar refractivity (Wildman–Crippen MR) is 156 cm³/mol. The summed E-state index contributed by atoms with van der Waals surface area (Å²) in [5.74, 6) is -0.507. The topological polar surface area (TPSA) is 79.3 Å². The van der Waals surface area contributed by atoms with Crippen molar-refractivity contribution in [3.05, 3.63) is 114 Å². The molecule has 9 heteroatoms. The average molecular weight is 597 g/mol. The van der Waals surface area contributed by atoms with Crippen LogP contribution in [0.4, 0.5) is 10.1 Å². The molecule has 1 aliphatic heterocycles. The molecule has 2 N–H and O–H groups in total. The van der Waals surface area contributed by atoms with Crippen LogP contribution in [0, 0.1) is 31.0 Å². The van der Waals surface area contributed by atoms with E-state index in [0.717, 1.165) is 28.0 Å². The Morgan fingerprint density at radius 1 is 1.05 bits per heavy atom. The van der Waals surface area contributed by atoms with Crippen LogP contribution < -0.4 is 15.4 Å². The van der Waals surface area contributed by atoms with Crippen LogP contribution in [0.1, 0.15) is 47.4 Å². The number of allylic oxidation sites excluding steroid dienone is 3. The molecule has 5 rings (SSSR count). The quantitative estimate of drug-likeness (QED) is 0.321. The van der Waals surface area contributed by atoms with Crippen molar-refractivity contribution in [2.24, 2.45) is 5.73 Å². The zero-order valence-corrected chi connectivity index (χ0v) is 24.1. The van der Waals surface area contributed by atoms with Gasteiger partial charge in [0.25, 0.3) is 0 Å². The smallest absolute Gasteiger partial charge is 0.161 e. The standard InChI is InChI=1S/C31H25Cl3FN3O2/c1-16-10-18(15-40-28-9-6-19(35)12-25(28)34)17(2)21(11-16)29-22(14-36)31(37)38(20-7-8-23(32)24(33)13-20)26-4-3-5-27(39)30(26)29/h6-13,29H,3-5,15,37H2,1-2H3. The van der Waals surface area contributed by atoms with E-state index in [-0.39, 0.29) is 28.8 Å². The Bertz CT molecular complexity index is 1660. The fourth-order valence-electron chi connectivity index (χ4n) is 5.48. The van der Waals surface area contributed by atoms with E-state index >= 15 is 0 Å². The van der Waals surface area contributed by atoms with Gasteiger partial charge in [-0.15, -0.1) is 0 Å². The minimum atomic E-state index is -0.639. The molecule has 1 unspecified atom stereocenters. The van der Waals surface area contributed by atoms with Gasteiger partial charge in [-0.05, 0) is 79.8 Å². The van der Waals surface area contributed by atoms with Crippen LogP contribution in [0.5, 0.6) is 5.75 Å². The largest absolute Gasteiger partial charge is 0.487 e. The molecule has 0 aromatic heterocycles. The molecule has 1 atom stereocenters. The van der Waals surface area contributed by atoms with E-state index in [4.69, 9.17) is 45.3 Å². The maximum atomic E-state index is 13.6. The number of hydrogen-bond donors (Lipinski definition) is 1. The number of anilines is 1. The number of benzene rings is 3. The Labute approximate surface area is 247 Å². The number of nitriles is 1. The maximum absolute atomic E-state index is 13.6. The van der Waals surface area contributed by atoms with Crippen molar-refractivity contribution in [2.45, 2.75) is 45.6 Å². The van der Waals surface area contributed by atoms with Gasteiger partial charge in [0.15, 0.2) is 5.78 Å². The molecule has 1 aliphatic carbocycles. The minimum Gasteiger partial charge on any atom is -0.487 e. The van der Waals surface area contributed by atoms with Crippen LogP contribution in [-0.4, -0.2) is 5.78 Å². The number of halogens is 4. The molecule has 0 fully saturated rings. The van der Waals surface area contributed by atoms with E-state index in [1.165, 1.54) is 18.2 Å². The molecular formula is C31H25Cl3FN3O2. The summed E-state index contributed by atoms with van der Waals surface area (Å²) in [5, 5.41) is 11.3. The van der Waals surface area contributed by atoms with Gasteiger partial charge in [0.05, 0.1) is 32.6 Å². The summed E-state index contributed by atoms with van der Waals surface area (Å²) >= 11 is 18.6. The van der Waals surface area contributed by atoms with Gasteiger partial charge >= 0.3 is 0 Å². The second-order valence-corrected chi connectivity index (χ2v) is 11.1. The highest BCUT2D eigenvalue weighted by atomic mass is 35.5. The van der Waals surface area contributed by atoms with E-state index in [9.17, 15) is 14.4 Å². The minimum absolute atomic E-state index is 0.0200. The second kappa shape index (κ2) is 11.2. The Hall–Kier alpha value is -3.50. The number of nitrogens with two attached hydrogens (primary N) is 1. The SMILES string of the molecule is Cc1cc(COc2ccc(F)cc2Cl)c(C)c(C2C(C#N)=C(N)N(c3ccc(Cl)c(Cl)c3)C3=C2C(=O)CCC3)c1.